The largest absolute Gasteiger partial charge is 0.497 e. The van der Waals surface area contributed by atoms with Gasteiger partial charge in [-0.15, -0.1) is 11.3 Å². The molecule has 1 atom stereocenters. The Morgan fingerprint density at radius 1 is 1.35 bits per heavy atom. The summed E-state index contributed by atoms with van der Waals surface area (Å²) in [5.41, 5.74) is 2.82. The summed E-state index contributed by atoms with van der Waals surface area (Å²) in [4.78, 5) is 14.0. The van der Waals surface area contributed by atoms with Gasteiger partial charge in [0.1, 0.15) is 16.8 Å². The Hall–Kier alpha value is -3.11. The molecule has 0 spiro atoms. The van der Waals surface area contributed by atoms with Crippen molar-refractivity contribution in [1.82, 2.24) is 5.16 Å². The molecule has 1 aromatic carbocycles. The van der Waals surface area contributed by atoms with Crippen molar-refractivity contribution < 1.29 is 14.1 Å². The molecule has 31 heavy (non-hydrogen) atoms. The first-order chi connectivity index (χ1) is 14.8. The topological polar surface area (TPSA) is 88.1 Å². The summed E-state index contributed by atoms with van der Waals surface area (Å²) in [6, 6.07) is 11.2. The number of hydrogen-bond acceptors (Lipinski definition) is 6. The van der Waals surface area contributed by atoms with Crippen molar-refractivity contribution in [3.05, 3.63) is 52.0 Å². The first-order valence-electron chi connectivity index (χ1n) is 10.3. The number of rotatable bonds is 4. The Labute approximate surface area is 185 Å². The standard InChI is InChI=1S/C24H25N3O3S/c1-24(2,3)15-8-9-17-18(13-25)23(31-21(17)11-15)26-22(28)19-12-20(30-27-19)14-6-5-7-16(10-14)29-4/h5-7,10,12,15H,8-9,11H2,1-4H3,(H,26,28)/t15-/m0/s1. The van der Waals surface area contributed by atoms with E-state index in [1.165, 1.54) is 16.2 Å². The summed E-state index contributed by atoms with van der Waals surface area (Å²) in [6.07, 6.45) is 2.87. The molecule has 1 aliphatic rings. The Balaban J connectivity index is 1.55. The highest BCUT2D eigenvalue weighted by Gasteiger charge is 2.32. The predicted molar refractivity (Wildman–Crippen MR) is 120 cm³/mol. The van der Waals surface area contributed by atoms with Crippen LogP contribution >= 0.6 is 11.3 Å². The first kappa shape index (κ1) is 21.1. The SMILES string of the molecule is COc1cccc(-c2cc(C(=O)Nc3sc4c(c3C#N)CC[C@H](C(C)(C)C)C4)no2)c1. The molecule has 0 saturated carbocycles. The number of nitriles is 1. The van der Waals surface area contributed by atoms with Crippen molar-refractivity contribution in [1.29, 1.82) is 5.26 Å². The molecule has 0 bridgehead atoms. The second-order valence-electron chi connectivity index (χ2n) is 8.89. The van der Waals surface area contributed by atoms with Gasteiger partial charge in [0.05, 0.1) is 12.7 Å². The molecular formula is C24H25N3O3S. The Kier molecular flexibility index (Phi) is 5.59. The monoisotopic (exact) mass is 435 g/mol. The fourth-order valence-electron chi connectivity index (χ4n) is 3.99. The summed E-state index contributed by atoms with van der Waals surface area (Å²) in [5, 5.41) is 17.1. The van der Waals surface area contributed by atoms with Crippen LogP contribution in [0, 0.1) is 22.7 Å². The Morgan fingerprint density at radius 3 is 2.87 bits per heavy atom. The molecule has 1 amide bonds. The van der Waals surface area contributed by atoms with E-state index in [4.69, 9.17) is 9.26 Å². The fraction of sp³-hybridized carbons (Fsp3) is 0.375. The van der Waals surface area contributed by atoms with E-state index < -0.39 is 0 Å². The number of carbonyl (C=O) groups excluding carboxylic acids is 1. The third-order valence-electron chi connectivity index (χ3n) is 5.93. The number of ether oxygens (including phenoxy) is 1. The van der Waals surface area contributed by atoms with Gasteiger partial charge in [0.2, 0.25) is 0 Å². The number of methoxy groups -OCH3 is 1. The molecule has 6 nitrogen and oxygen atoms in total. The lowest BCUT2D eigenvalue weighted by Gasteiger charge is -2.33. The number of hydrogen-bond donors (Lipinski definition) is 1. The minimum Gasteiger partial charge on any atom is -0.497 e. The van der Waals surface area contributed by atoms with Crippen molar-refractivity contribution >= 4 is 22.2 Å². The van der Waals surface area contributed by atoms with E-state index in [0.29, 0.717) is 28.0 Å². The number of aromatic nitrogens is 1. The van der Waals surface area contributed by atoms with Crippen molar-refractivity contribution in [2.75, 3.05) is 12.4 Å². The van der Waals surface area contributed by atoms with Crippen LogP contribution in [0.4, 0.5) is 5.00 Å². The van der Waals surface area contributed by atoms with Crippen molar-refractivity contribution in [2.24, 2.45) is 11.3 Å². The third-order valence-corrected chi connectivity index (χ3v) is 7.10. The number of thiophene rings is 1. The lowest BCUT2D eigenvalue weighted by molar-refractivity contribution is 0.101. The number of amides is 1. The van der Waals surface area contributed by atoms with E-state index in [1.54, 1.807) is 13.2 Å². The molecule has 0 fully saturated rings. The highest BCUT2D eigenvalue weighted by molar-refractivity contribution is 7.16. The summed E-state index contributed by atoms with van der Waals surface area (Å²) >= 11 is 1.51. The van der Waals surface area contributed by atoms with E-state index in [9.17, 15) is 10.1 Å². The lowest BCUT2D eigenvalue weighted by atomic mass is 9.72. The number of carbonyl (C=O) groups is 1. The smallest absolute Gasteiger partial charge is 0.278 e. The van der Waals surface area contributed by atoms with Gasteiger partial charge in [-0.05, 0) is 48.3 Å². The average molecular weight is 436 g/mol. The normalized spacial score (nSPS) is 15.8. The number of anilines is 1. The van der Waals surface area contributed by atoms with Gasteiger partial charge < -0.3 is 14.6 Å². The van der Waals surface area contributed by atoms with Gasteiger partial charge in [0, 0.05) is 16.5 Å². The zero-order valence-corrected chi connectivity index (χ0v) is 18.9. The highest BCUT2D eigenvalue weighted by atomic mass is 32.1. The summed E-state index contributed by atoms with van der Waals surface area (Å²) in [7, 11) is 1.59. The van der Waals surface area contributed by atoms with Gasteiger partial charge in [0.15, 0.2) is 11.5 Å². The van der Waals surface area contributed by atoms with E-state index in [1.807, 2.05) is 24.3 Å². The predicted octanol–water partition coefficient (Wildman–Crippen LogP) is 5.69. The zero-order valence-electron chi connectivity index (χ0n) is 18.1. The maximum atomic E-state index is 12.8. The van der Waals surface area contributed by atoms with E-state index in [-0.39, 0.29) is 17.0 Å². The first-order valence-corrected chi connectivity index (χ1v) is 11.1. The molecule has 2 heterocycles. The molecule has 0 saturated heterocycles. The van der Waals surface area contributed by atoms with Crippen LogP contribution in [0.5, 0.6) is 5.75 Å². The average Bonchev–Trinajstić information content (AvgIpc) is 3.37. The fourth-order valence-corrected chi connectivity index (χ4v) is 5.27. The van der Waals surface area contributed by atoms with Gasteiger partial charge in [-0.1, -0.05) is 38.1 Å². The quantitative estimate of drug-likeness (QED) is 0.569. The van der Waals surface area contributed by atoms with Crippen molar-refractivity contribution in [2.45, 2.75) is 40.0 Å². The van der Waals surface area contributed by atoms with Crippen LogP contribution in [0.1, 0.15) is 53.7 Å². The minimum absolute atomic E-state index is 0.167. The molecule has 160 valence electrons. The number of nitrogens with one attached hydrogen (secondary N) is 1. The van der Waals surface area contributed by atoms with Crippen LogP contribution in [0.3, 0.4) is 0 Å². The maximum absolute atomic E-state index is 12.8. The molecular weight excluding hydrogens is 410 g/mol. The second kappa shape index (κ2) is 8.20. The molecule has 0 radical (unpaired) electrons. The zero-order chi connectivity index (χ0) is 22.2. The molecule has 0 unspecified atom stereocenters. The van der Waals surface area contributed by atoms with Crippen LogP contribution < -0.4 is 10.1 Å². The van der Waals surface area contributed by atoms with Gasteiger partial charge in [-0.25, -0.2) is 0 Å². The van der Waals surface area contributed by atoms with Gasteiger partial charge in [0.25, 0.3) is 5.91 Å². The molecule has 3 aromatic rings. The van der Waals surface area contributed by atoms with Gasteiger partial charge >= 0.3 is 0 Å². The third kappa shape index (κ3) is 4.21. The highest BCUT2D eigenvalue weighted by Crippen LogP contribution is 2.44. The molecule has 1 N–H and O–H groups in total. The molecule has 7 heteroatoms. The Morgan fingerprint density at radius 2 is 2.16 bits per heavy atom. The maximum Gasteiger partial charge on any atom is 0.278 e. The van der Waals surface area contributed by atoms with E-state index in [2.05, 4.69) is 37.3 Å². The number of benzene rings is 1. The number of fused-ring (bicyclic) bond motifs is 1. The summed E-state index contributed by atoms with van der Waals surface area (Å²) in [5.74, 6) is 1.34. The molecule has 4 rings (SSSR count). The van der Waals surface area contributed by atoms with Crippen LogP contribution in [-0.4, -0.2) is 18.2 Å². The number of nitrogens with zero attached hydrogens (tertiary/aromatic N) is 2. The Bertz CT molecular complexity index is 1160. The van der Waals surface area contributed by atoms with Crippen LogP contribution in [0.25, 0.3) is 11.3 Å². The van der Waals surface area contributed by atoms with Crippen LogP contribution in [0.2, 0.25) is 0 Å². The van der Waals surface area contributed by atoms with E-state index in [0.717, 1.165) is 30.4 Å². The summed E-state index contributed by atoms with van der Waals surface area (Å²) < 4.78 is 10.6. The van der Waals surface area contributed by atoms with Crippen molar-refractivity contribution in [3.63, 3.8) is 0 Å². The molecule has 1 aliphatic carbocycles. The van der Waals surface area contributed by atoms with Gasteiger partial charge in [-0.2, -0.15) is 5.26 Å². The van der Waals surface area contributed by atoms with Gasteiger partial charge in [-0.3, -0.25) is 4.79 Å². The minimum atomic E-state index is -0.389. The summed E-state index contributed by atoms with van der Waals surface area (Å²) in [6.45, 7) is 6.78. The van der Waals surface area contributed by atoms with Crippen LogP contribution in [-0.2, 0) is 12.8 Å². The molecule has 0 aliphatic heterocycles. The van der Waals surface area contributed by atoms with E-state index >= 15 is 0 Å². The van der Waals surface area contributed by atoms with Crippen molar-refractivity contribution in [3.8, 4) is 23.1 Å². The lowest BCUT2D eigenvalue weighted by Crippen LogP contribution is -2.26. The molecule has 2 aromatic heterocycles. The second-order valence-corrected chi connectivity index (χ2v) is 9.99. The van der Waals surface area contributed by atoms with Crippen LogP contribution in [0.15, 0.2) is 34.9 Å².